The number of carbonyl (C=O) groups excluding carboxylic acids is 1. The predicted octanol–water partition coefficient (Wildman–Crippen LogP) is -3.80. The molecule has 6 nitrogen and oxygen atoms in total. The zero-order valence-electron chi connectivity index (χ0n) is 6.24. The van der Waals surface area contributed by atoms with E-state index < -0.39 is 54.9 Å². The van der Waals surface area contributed by atoms with Crippen LogP contribution in [-0.4, -0.2) is 83.4 Å². The van der Waals surface area contributed by atoms with Crippen LogP contribution in [0.5, 0.6) is 0 Å². The van der Waals surface area contributed by atoms with E-state index in [1.54, 1.807) is 0 Å². The zero-order chi connectivity index (χ0) is 9.72. The van der Waals surface area contributed by atoms with Gasteiger partial charge in [-0.2, -0.15) is 0 Å². The molecule has 0 aliphatic rings. The number of carbonyl (C=O) groups is 1. The van der Waals surface area contributed by atoms with Gasteiger partial charge in [-0.15, -0.1) is 0 Å². The molecule has 12 heavy (non-hydrogen) atoms. The molecular formula is C5H10CaO6. The molecule has 0 rings (SSSR count). The second-order valence-corrected chi connectivity index (χ2v) is 4.23. The first-order chi connectivity index (χ1) is 5.54. The summed E-state index contributed by atoms with van der Waals surface area (Å²) in [5, 5.41) is 35.4. The van der Waals surface area contributed by atoms with Crippen molar-refractivity contribution in [3.05, 3.63) is 0 Å². The predicted molar refractivity (Wildman–Crippen MR) is 38.1 cm³/mol. The zero-order valence-corrected chi connectivity index (χ0v) is 8.45. The Morgan fingerprint density at radius 3 is 1.92 bits per heavy atom. The Morgan fingerprint density at radius 2 is 1.58 bits per heavy atom. The topological polar surface area (TPSA) is 118 Å². The number of hydrogen-bond donors (Lipinski definition) is 5. The third kappa shape index (κ3) is 3.63. The molecule has 0 amide bonds. The van der Waals surface area contributed by atoms with Gasteiger partial charge in [0, 0.05) is 0 Å². The summed E-state index contributed by atoms with van der Waals surface area (Å²) in [5.41, 5.74) is 0. The molecule has 0 aromatic heterocycles. The van der Waals surface area contributed by atoms with Gasteiger partial charge < -0.3 is 0 Å². The summed E-state index contributed by atoms with van der Waals surface area (Å²) >= 11 is -2.26. The van der Waals surface area contributed by atoms with Crippen LogP contribution < -0.4 is 0 Å². The molecule has 0 aromatic carbocycles. The van der Waals surface area contributed by atoms with Gasteiger partial charge in [0.15, 0.2) is 0 Å². The molecule has 0 saturated carbocycles. The summed E-state index contributed by atoms with van der Waals surface area (Å²) in [4.78, 5) is 9.91. The molecule has 68 valence electrons. The summed E-state index contributed by atoms with van der Waals surface area (Å²) in [7, 11) is 0. The monoisotopic (exact) mass is 206 g/mol. The van der Waals surface area contributed by atoms with Crippen LogP contribution in [0.25, 0.3) is 0 Å². The van der Waals surface area contributed by atoms with E-state index in [4.69, 9.17) is 22.2 Å². The normalized spacial score (nSPS) is 20.4. The van der Waals surface area contributed by atoms with E-state index in [0.717, 1.165) is 0 Å². The quantitative estimate of drug-likeness (QED) is 0.232. The minimum absolute atomic E-state index is 0.0466. The first kappa shape index (κ1) is 12.7. The molecule has 0 heterocycles. The van der Waals surface area contributed by atoms with Crippen LogP contribution in [0.3, 0.4) is 0 Å². The van der Waals surface area contributed by atoms with E-state index in [1.807, 2.05) is 0 Å². The Hall–Kier alpha value is 0.730. The second-order valence-electron chi connectivity index (χ2n) is 2.36. The fraction of sp³-hybridized carbons (Fsp3) is 0.800. The van der Waals surface area contributed by atoms with E-state index >= 15 is 0 Å². The maximum atomic E-state index is 9.91. The van der Waals surface area contributed by atoms with E-state index in [9.17, 15) is 4.79 Å². The third-order valence-corrected chi connectivity index (χ3v) is 2.76. The molecule has 0 unspecified atom stereocenters. The molecule has 4 atom stereocenters. The van der Waals surface area contributed by atoms with Gasteiger partial charge in [0.25, 0.3) is 0 Å². The molecule has 0 saturated heterocycles. The molecule has 0 fully saturated rings. The Morgan fingerprint density at radius 1 is 1.08 bits per heavy atom. The van der Waals surface area contributed by atoms with E-state index in [1.165, 1.54) is 0 Å². The molecule has 5 N–H and O–H groups in total. The molecule has 0 radical (unpaired) electrons. The fourth-order valence-corrected chi connectivity index (χ4v) is 1.39. The fourth-order valence-electron chi connectivity index (χ4n) is 0.618. The van der Waals surface area contributed by atoms with Crippen molar-refractivity contribution in [2.24, 2.45) is 0 Å². The van der Waals surface area contributed by atoms with E-state index in [2.05, 4.69) is 0 Å². The van der Waals surface area contributed by atoms with Crippen molar-refractivity contribution in [2.45, 2.75) is 20.5 Å². The van der Waals surface area contributed by atoms with E-state index in [-0.39, 0.29) is 6.29 Å². The van der Waals surface area contributed by atoms with Gasteiger partial charge in [0.05, 0.1) is 0 Å². The standard InChI is InChI=1S/C5H9O5.Ca.H2O/c6-1-3(8)5(10)4(9)2-7;;/h1-6,8-10H;;1H2/q;+1;/p-1/t3-,4-,5-;;/m0../s1. The van der Waals surface area contributed by atoms with Crippen LogP contribution in [0.1, 0.15) is 0 Å². The maximum absolute atomic E-state index is 9.91. The number of aldehydes is 1. The Kier molecular flexibility index (Phi) is 6.60. The van der Waals surface area contributed by atoms with Crippen LogP contribution in [0.2, 0.25) is 0 Å². The van der Waals surface area contributed by atoms with Crippen molar-refractivity contribution < 1.29 is 27.0 Å². The first-order valence-electron chi connectivity index (χ1n) is 3.33. The Balaban J connectivity index is 4.07. The van der Waals surface area contributed by atoms with Crippen LogP contribution in [0.4, 0.5) is 0 Å². The molecule has 0 aliphatic heterocycles. The SMILES string of the molecule is O=C[C@H](O)[C@@H](O)[C@@H](O)[C@H](O)[Ca][OH]. The van der Waals surface area contributed by atoms with Gasteiger partial charge in [0.2, 0.25) is 0 Å². The van der Waals surface area contributed by atoms with Gasteiger partial charge in [0.1, 0.15) is 0 Å². The summed E-state index contributed by atoms with van der Waals surface area (Å²) < 4.78 is 7.12. The Labute approximate surface area is 87.7 Å². The third-order valence-electron chi connectivity index (χ3n) is 1.42. The summed E-state index contributed by atoms with van der Waals surface area (Å²) in [6, 6.07) is 0. The average molecular weight is 206 g/mol. The average Bonchev–Trinajstić information content (AvgIpc) is 2.12. The molecule has 0 spiro atoms. The van der Waals surface area contributed by atoms with Gasteiger partial charge in [-0.3, -0.25) is 0 Å². The first-order valence-corrected chi connectivity index (χ1v) is 5.59. The second kappa shape index (κ2) is 6.22. The van der Waals surface area contributed by atoms with Crippen molar-refractivity contribution in [3.63, 3.8) is 0 Å². The van der Waals surface area contributed by atoms with Crippen LogP contribution in [0, 0.1) is 0 Å². The van der Waals surface area contributed by atoms with Crippen molar-refractivity contribution >= 4 is 40.7 Å². The van der Waals surface area contributed by atoms with Gasteiger partial charge >= 0.3 is 88.2 Å². The van der Waals surface area contributed by atoms with Crippen molar-refractivity contribution in [3.8, 4) is 0 Å². The van der Waals surface area contributed by atoms with Crippen LogP contribution >= 0.6 is 0 Å². The van der Waals surface area contributed by atoms with Gasteiger partial charge in [-0.05, 0) is 0 Å². The molecule has 0 aliphatic carbocycles. The van der Waals surface area contributed by atoms with E-state index in [0.29, 0.717) is 0 Å². The number of aliphatic hydroxyl groups excluding tert-OH is 4. The van der Waals surface area contributed by atoms with Crippen molar-refractivity contribution in [1.82, 2.24) is 0 Å². The molecule has 0 aromatic rings. The number of aliphatic hydroxyl groups is 4. The van der Waals surface area contributed by atoms with Crippen LogP contribution in [0.15, 0.2) is 0 Å². The molecule has 7 heteroatoms. The Bertz CT molecular complexity index is 142. The van der Waals surface area contributed by atoms with Crippen molar-refractivity contribution in [1.29, 1.82) is 0 Å². The van der Waals surface area contributed by atoms with Crippen molar-refractivity contribution in [2.75, 3.05) is 0 Å². The molecular weight excluding hydrogens is 196 g/mol. The number of hydrogen-bond acceptors (Lipinski definition) is 6. The summed E-state index contributed by atoms with van der Waals surface area (Å²) in [6.07, 6.45) is -5.08. The van der Waals surface area contributed by atoms with Crippen LogP contribution in [-0.2, 0) is 4.79 Å². The minimum atomic E-state index is -2.26. The van der Waals surface area contributed by atoms with Gasteiger partial charge in [-0.25, -0.2) is 0 Å². The van der Waals surface area contributed by atoms with Gasteiger partial charge in [-0.1, -0.05) is 0 Å². The number of rotatable bonds is 5. The molecule has 0 bridgehead atoms. The summed E-state index contributed by atoms with van der Waals surface area (Å²) in [6.45, 7) is 0. The summed E-state index contributed by atoms with van der Waals surface area (Å²) in [5.74, 6) is 0.